The molecule has 0 heterocycles. The predicted octanol–water partition coefficient (Wildman–Crippen LogP) is 2.51. The van der Waals surface area contributed by atoms with Crippen molar-refractivity contribution in [1.82, 2.24) is 4.90 Å². The molecule has 0 unspecified atom stereocenters. The van der Waals surface area contributed by atoms with Gasteiger partial charge in [0.25, 0.3) is 0 Å². The molecule has 0 aromatic heterocycles. The average molecular weight is 227 g/mol. The van der Waals surface area contributed by atoms with Crippen LogP contribution in [0.4, 0.5) is 0 Å². The van der Waals surface area contributed by atoms with E-state index in [0.29, 0.717) is 6.54 Å². The van der Waals surface area contributed by atoms with Gasteiger partial charge in [-0.3, -0.25) is 4.90 Å². The topological polar surface area (TPSA) is 29.3 Å². The summed E-state index contributed by atoms with van der Waals surface area (Å²) in [6.07, 6.45) is 0. The molecule has 84 valence electrons. The second-order valence-corrected chi connectivity index (χ2v) is 4.94. The van der Waals surface area contributed by atoms with Crippen LogP contribution < -0.4 is 5.73 Å². The highest BCUT2D eigenvalue weighted by atomic mass is 35.5. The molecule has 1 aromatic carbocycles. The zero-order valence-electron chi connectivity index (χ0n) is 9.63. The molecule has 0 aliphatic carbocycles. The fourth-order valence-electron chi connectivity index (χ4n) is 1.28. The second-order valence-electron chi connectivity index (χ2n) is 4.50. The lowest BCUT2D eigenvalue weighted by atomic mass is 10.0. The monoisotopic (exact) mass is 226 g/mol. The van der Waals surface area contributed by atoms with Gasteiger partial charge in [0.2, 0.25) is 0 Å². The van der Waals surface area contributed by atoms with E-state index < -0.39 is 0 Å². The SMILES string of the molecule is CN(Cc1cccc(Cl)c1)C(C)(C)CN. The standard InChI is InChI=1S/C12H19ClN2/c1-12(2,9-14)15(3)8-10-5-4-6-11(13)7-10/h4-7H,8-9,14H2,1-3H3. The molecule has 2 nitrogen and oxygen atoms in total. The quantitative estimate of drug-likeness (QED) is 0.855. The van der Waals surface area contributed by atoms with Gasteiger partial charge >= 0.3 is 0 Å². The highest BCUT2D eigenvalue weighted by Crippen LogP contribution is 2.17. The highest BCUT2D eigenvalue weighted by molar-refractivity contribution is 6.30. The average Bonchev–Trinajstić information content (AvgIpc) is 2.17. The maximum atomic E-state index is 5.93. The Morgan fingerprint density at radius 2 is 2.07 bits per heavy atom. The van der Waals surface area contributed by atoms with Gasteiger partial charge < -0.3 is 5.73 Å². The Hall–Kier alpha value is -0.570. The van der Waals surface area contributed by atoms with Crippen LogP contribution in [-0.4, -0.2) is 24.0 Å². The minimum atomic E-state index is 0.0162. The Balaban J connectivity index is 2.70. The van der Waals surface area contributed by atoms with E-state index in [1.165, 1.54) is 5.56 Å². The van der Waals surface area contributed by atoms with E-state index in [-0.39, 0.29) is 5.54 Å². The number of nitrogens with two attached hydrogens (primary N) is 1. The Morgan fingerprint density at radius 3 is 2.60 bits per heavy atom. The first-order chi connectivity index (χ1) is 6.95. The van der Waals surface area contributed by atoms with Crippen LogP contribution in [-0.2, 0) is 6.54 Å². The van der Waals surface area contributed by atoms with Crippen molar-refractivity contribution in [2.45, 2.75) is 25.9 Å². The maximum absolute atomic E-state index is 5.93. The molecule has 0 fully saturated rings. The van der Waals surface area contributed by atoms with Crippen molar-refractivity contribution in [2.75, 3.05) is 13.6 Å². The molecule has 0 saturated carbocycles. The summed E-state index contributed by atoms with van der Waals surface area (Å²) >= 11 is 5.93. The Labute approximate surface area is 97.0 Å². The first-order valence-electron chi connectivity index (χ1n) is 5.11. The molecule has 1 rings (SSSR count). The summed E-state index contributed by atoms with van der Waals surface area (Å²) in [7, 11) is 2.08. The molecule has 2 N–H and O–H groups in total. The van der Waals surface area contributed by atoms with Gasteiger partial charge in [0.15, 0.2) is 0 Å². The van der Waals surface area contributed by atoms with Gasteiger partial charge in [-0.05, 0) is 38.6 Å². The molecular weight excluding hydrogens is 208 g/mol. The van der Waals surface area contributed by atoms with Crippen LogP contribution in [0, 0.1) is 0 Å². The number of hydrogen-bond donors (Lipinski definition) is 1. The van der Waals surface area contributed by atoms with Gasteiger partial charge in [-0.1, -0.05) is 23.7 Å². The normalized spacial score (nSPS) is 12.1. The third-order valence-corrected chi connectivity index (χ3v) is 3.08. The third kappa shape index (κ3) is 3.49. The van der Waals surface area contributed by atoms with E-state index in [0.717, 1.165) is 11.6 Å². The fourth-order valence-corrected chi connectivity index (χ4v) is 1.49. The number of nitrogens with zero attached hydrogens (tertiary/aromatic N) is 1. The van der Waals surface area contributed by atoms with Crippen LogP contribution in [0.15, 0.2) is 24.3 Å². The van der Waals surface area contributed by atoms with Crippen molar-refractivity contribution in [3.63, 3.8) is 0 Å². The summed E-state index contributed by atoms with van der Waals surface area (Å²) in [6, 6.07) is 7.93. The van der Waals surface area contributed by atoms with Crippen LogP contribution in [0.3, 0.4) is 0 Å². The van der Waals surface area contributed by atoms with E-state index in [9.17, 15) is 0 Å². The highest BCUT2D eigenvalue weighted by Gasteiger charge is 2.21. The number of halogens is 1. The molecule has 1 aromatic rings. The first-order valence-corrected chi connectivity index (χ1v) is 5.49. The zero-order valence-corrected chi connectivity index (χ0v) is 10.4. The molecule has 0 aliphatic heterocycles. The van der Waals surface area contributed by atoms with Crippen molar-refractivity contribution in [3.8, 4) is 0 Å². The van der Waals surface area contributed by atoms with Gasteiger partial charge in [-0.25, -0.2) is 0 Å². The summed E-state index contributed by atoms with van der Waals surface area (Å²) in [5.41, 5.74) is 6.95. The van der Waals surface area contributed by atoms with Gasteiger partial charge in [0.05, 0.1) is 0 Å². The summed E-state index contributed by atoms with van der Waals surface area (Å²) in [4.78, 5) is 2.23. The van der Waals surface area contributed by atoms with Crippen molar-refractivity contribution >= 4 is 11.6 Å². The molecule has 3 heteroatoms. The van der Waals surface area contributed by atoms with Crippen LogP contribution in [0.5, 0.6) is 0 Å². The van der Waals surface area contributed by atoms with E-state index in [1.54, 1.807) is 0 Å². The molecule has 15 heavy (non-hydrogen) atoms. The fraction of sp³-hybridized carbons (Fsp3) is 0.500. The minimum Gasteiger partial charge on any atom is -0.329 e. The van der Waals surface area contributed by atoms with Gasteiger partial charge in [-0.2, -0.15) is 0 Å². The number of rotatable bonds is 4. The summed E-state index contributed by atoms with van der Waals surface area (Å²) in [5, 5.41) is 0.784. The third-order valence-electron chi connectivity index (χ3n) is 2.84. The lowest BCUT2D eigenvalue weighted by Gasteiger charge is -2.34. The van der Waals surface area contributed by atoms with Crippen LogP contribution >= 0.6 is 11.6 Å². The first kappa shape index (κ1) is 12.5. The lowest BCUT2D eigenvalue weighted by Crippen LogP contribution is -2.46. The second kappa shape index (κ2) is 4.97. The lowest BCUT2D eigenvalue weighted by molar-refractivity contribution is 0.156. The minimum absolute atomic E-state index is 0.0162. The summed E-state index contributed by atoms with van der Waals surface area (Å²) in [5.74, 6) is 0. The molecule has 0 spiro atoms. The van der Waals surface area contributed by atoms with Gasteiger partial charge in [0, 0.05) is 23.7 Å². The molecular formula is C12H19ClN2. The van der Waals surface area contributed by atoms with E-state index in [4.69, 9.17) is 17.3 Å². The Bertz CT molecular complexity index is 323. The Kier molecular flexibility index (Phi) is 4.14. The molecule has 0 atom stereocenters. The van der Waals surface area contributed by atoms with Crippen molar-refractivity contribution in [1.29, 1.82) is 0 Å². The number of hydrogen-bond acceptors (Lipinski definition) is 2. The summed E-state index contributed by atoms with van der Waals surface area (Å²) in [6.45, 7) is 5.78. The van der Waals surface area contributed by atoms with Crippen molar-refractivity contribution in [3.05, 3.63) is 34.9 Å². The smallest absolute Gasteiger partial charge is 0.0409 e. The predicted molar refractivity (Wildman–Crippen MR) is 66.1 cm³/mol. The number of benzene rings is 1. The molecule has 0 radical (unpaired) electrons. The molecule has 0 saturated heterocycles. The van der Waals surface area contributed by atoms with E-state index in [2.05, 4.69) is 31.9 Å². The number of likely N-dealkylation sites (N-methyl/N-ethyl adjacent to an activating group) is 1. The Morgan fingerprint density at radius 1 is 1.40 bits per heavy atom. The van der Waals surface area contributed by atoms with Crippen LogP contribution in [0.25, 0.3) is 0 Å². The summed E-state index contributed by atoms with van der Waals surface area (Å²) < 4.78 is 0. The van der Waals surface area contributed by atoms with Gasteiger partial charge in [0.1, 0.15) is 0 Å². The molecule has 0 aliphatic rings. The molecule has 0 bridgehead atoms. The zero-order chi connectivity index (χ0) is 11.5. The van der Waals surface area contributed by atoms with Gasteiger partial charge in [-0.15, -0.1) is 0 Å². The van der Waals surface area contributed by atoms with Crippen LogP contribution in [0.2, 0.25) is 5.02 Å². The van der Waals surface area contributed by atoms with E-state index in [1.807, 2.05) is 18.2 Å². The van der Waals surface area contributed by atoms with Crippen molar-refractivity contribution < 1.29 is 0 Å². The van der Waals surface area contributed by atoms with E-state index >= 15 is 0 Å². The van der Waals surface area contributed by atoms with Crippen molar-refractivity contribution in [2.24, 2.45) is 5.73 Å². The maximum Gasteiger partial charge on any atom is 0.0409 e. The van der Waals surface area contributed by atoms with Crippen LogP contribution in [0.1, 0.15) is 19.4 Å². The largest absolute Gasteiger partial charge is 0.329 e. The molecule has 0 amide bonds.